The highest BCUT2D eigenvalue weighted by molar-refractivity contribution is 6.24. The Hall–Kier alpha value is -4.09. The van der Waals surface area contributed by atoms with Crippen molar-refractivity contribution >= 4 is 29.0 Å². The summed E-state index contributed by atoms with van der Waals surface area (Å²) in [5.41, 5.74) is -3.58. The number of nitrogens with zero attached hydrogens (tertiary/aromatic N) is 1. The molecule has 0 bridgehead atoms. The van der Waals surface area contributed by atoms with Gasteiger partial charge in [0.15, 0.2) is 23.3 Å². The third kappa shape index (κ3) is 5.42. The van der Waals surface area contributed by atoms with Crippen LogP contribution in [0.15, 0.2) is 36.0 Å². The SMILES string of the molecule is CCOC(=O)C(=CNc1ccccc1O)C(=O)c1c(F)c(F)c(N2CCC(NC(C)=O)C2)c(F)c1F. The first kappa shape index (κ1) is 26.5. The van der Waals surface area contributed by atoms with Gasteiger partial charge in [-0.1, -0.05) is 12.1 Å². The molecule has 0 radical (unpaired) electrons. The van der Waals surface area contributed by atoms with Crippen molar-refractivity contribution in [3.05, 3.63) is 64.9 Å². The summed E-state index contributed by atoms with van der Waals surface area (Å²) >= 11 is 0. The van der Waals surface area contributed by atoms with E-state index in [1.54, 1.807) is 0 Å². The van der Waals surface area contributed by atoms with E-state index < -0.39 is 57.9 Å². The van der Waals surface area contributed by atoms with Gasteiger partial charge in [0, 0.05) is 32.3 Å². The quantitative estimate of drug-likeness (QED) is 0.0732. The van der Waals surface area contributed by atoms with Crippen molar-refractivity contribution in [3.8, 4) is 5.75 Å². The average molecular weight is 509 g/mol. The molecule has 1 aliphatic rings. The number of phenols is 1. The number of hydrogen-bond acceptors (Lipinski definition) is 7. The Balaban J connectivity index is 2.01. The van der Waals surface area contributed by atoms with Gasteiger partial charge in [0.25, 0.3) is 0 Å². The molecule has 8 nitrogen and oxygen atoms in total. The van der Waals surface area contributed by atoms with Crippen LogP contribution >= 0.6 is 0 Å². The van der Waals surface area contributed by atoms with Crippen LogP contribution in [0.5, 0.6) is 5.75 Å². The summed E-state index contributed by atoms with van der Waals surface area (Å²) in [6, 6.07) is 5.18. The zero-order chi connectivity index (χ0) is 26.6. The molecule has 1 unspecified atom stereocenters. The van der Waals surface area contributed by atoms with E-state index >= 15 is 8.78 Å². The monoisotopic (exact) mass is 509 g/mol. The van der Waals surface area contributed by atoms with E-state index in [2.05, 4.69) is 10.6 Å². The second-order valence-corrected chi connectivity index (χ2v) is 7.88. The molecule has 0 aliphatic carbocycles. The Morgan fingerprint density at radius 1 is 1.11 bits per heavy atom. The van der Waals surface area contributed by atoms with E-state index in [0.29, 0.717) is 0 Å². The molecule has 0 aromatic heterocycles. The highest BCUT2D eigenvalue weighted by Gasteiger charge is 2.36. The van der Waals surface area contributed by atoms with Crippen LogP contribution in [0.25, 0.3) is 0 Å². The van der Waals surface area contributed by atoms with Gasteiger partial charge < -0.3 is 25.4 Å². The van der Waals surface area contributed by atoms with E-state index in [1.807, 2.05) is 0 Å². The van der Waals surface area contributed by atoms with Gasteiger partial charge in [-0.15, -0.1) is 0 Å². The second-order valence-electron chi connectivity index (χ2n) is 7.88. The van der Waals surface area contributed by atoms with Gasteiger partial charge in [-0.3, -0.25) is 9.59 Å². The van der Waals surface area contributed by atoms with Gasteiger partial charge in [0.2, 0.25) is 11.7 Å². The lowest BCUT2D eigenvalue weighted by atomic mass is 10.0. The van der Waals surface area contributed by atoms with Crippen molar-refractivity contribution in [1.82, 2.24) is 5.32 Å². The van der Waals surface area contributed by atoms with Crippen LogP contribution in [0.3, 0.4) is 0 Å². The zero-order valence-electron chi connectivity index (χ0n) is 19.3. The van der Waals surface area contributed by atoms with Crippen molar-refractivity contribution in [2.75, 3.05) is 29.9 Å². The molecule has 12 heteroatoms. The number of para-hydroxylation sites is 2. The summed E-state index contributed by atoms with van der Waals surface area (Å²) in [5.74, 6) is -11.3. The number of carbonyl (C=O) groups is 3. The van der Waals surface area contributed by atoms with E-state index in [1.165, 1.54) is 38.1 Å². The fourth-order valence-electron chi connectivity index (χ4n) is 3.77. The maximum Gasteiger partial charge on any atom is 0.343 e. The fraction of sp³-hybridized carbons (Fsp3) is 0.292. The molecule has 1 fully saturated rings. The van der Waals surface area contributed by atoms with Crippen LogP contribution in [0.1, 0.15) is 30.6 Å². The molecule has 1 aliphatic heterocycles. The lowest BCUT2D eigenvalue weighted by Gasteiger charge is -2.22. The molecule has 3 rings (SSSR count). The van der Waals surface area contributed by atoms with Crippen molar-refractivity contribution in [2.24, 2.45) is 0 Å². The number of aromatic hydroxyl groups is 1. The molecule has 2 aromatic rings. The maximum atomic E-state index is 15.0. The molecule has 1 amide bonds. The first-order chi connectivity index (χ1) is 17.1. The molecule has 0 saturated carbocycles. The molecule has 0 spiro atoms. The Labute approximate surface area is 203 Å². The first-order valence-corrected chi connectivity index (χ1v) is 10.9. The predicted molar refractivity (Wildman–Crippen MR) is 121 cm³/mol. The summed E-state index contributed by atoms with van der Waals surface area (Å²) < 4.78 is 64.7. The van der Waals surface area contributed by atoms with Gasteiger partial charge in [-0.05, 0) is 25.5 Å². The van der Waals surface area contributed by atoms with Crippen LogP contribution in [0.2, 0.25) is 0 Å². The number of anilines is 2. The van der Waals surface area contributed by atoms with Gasteiger partial charge in [0.1, 0.15) is 22.6 Å². The molecule has 2 aromatic carbocycles. The standard InChI is InChI=1S/C24H23F4N3O5/c1-3-36-24(35)14(10-29-15-6-4-5-7-16(15)33)23(34)17-18(25)20(27)22(21(28)19(17)26)31-9-8-13(11-31)30-12(2)32/h4-7,10,13,29,33H,3,8-9,11H2,1-2H3,(H,30,32). The van der Waals surface area contributed by atoms with Crippen LogP contribution < -0.4 is 15.5 Å². The number of halogens is 4. The van der Waals surface area contributed by atoms with E-state index in [-0.39, 0.29) is 43.5 Å². The smallest absolute Gasteiger partial charge is 0.343 e. The Morgan fingerprint density at radius 2 is 1.75 bits per heavy atom. The summed E-state index contributed by atoms with van der Waals surface area (Å²) in [6.07, 6.45) is 0.993. The van der Waals surface area contributed by atoms with Crippen molar-refractivity contribution in [1.29, 1.82) is 0 Å². The number of ketones is 1. The number of amides is 1. The number of carbonyl (C=O) groups excluding carboxylic acids is 3. The van der Waals surface area contributed by atoms with Gasteiger partial charge in [0.05, 0.1) is 12.3 Å². The molecular weight excluding hydrogens is 486 g/mol. The Bertz CT molecular complexity index is 1210. The normalized spacial score (nSPS) is 15.6. The van der Waals surface area contributed by atoms with Gasteiger partial charge in [-0.25, -0.2) is 22.4 Å². The summed E-state index contributed by atoms with van der Waals surface area (Å²) in [6.45, 7) is 2.33. The van der Waals surface area contributed by atoms with Crippen molar-refractivity contribution in [2.45, 2.75) is 26.3 Å². The third-order valence-corrected chi connectivity index (χ3v) is 5.40. The van der Waals surface area contributed by atoms with Gasteiger partial charge in [-0.2, -0.15) is 0 Å². The Morgan fingerprint density at radius 3 is 2.33 bits per heavy atom. The van der Waals surface area contributed by atoms with Crippen molar-refractivity contribution in [3.63, 3.8) is 0 Å². The highest BCUT2D eigenvalue weighted by atomic mass is 19.2. The molecule has 3 N–H and O–H groups in total. The topological polar surface area (TPSA) is 108 Å². The van der Waals surface area contributed by atoms with Crippen LogP contribution in [0.4, 0.5) is 28.9 Å². The fourth-order valence-corrected chi connectivity index (χ4v) is 3.77. The molecular formula is C24H23F4N3O5. The number of phenolic OH excluding ortho intramolecular Hbond substituents is 1. The summed E-state index contributed by atoms with van der Waals surface area (Å²) in [4.78, 5) is 37.6. The molecule has 1 saturated heterocycles. The lowest BCUT2D eigenvalue weighted by molar-refractivity contribution is -0.138. The first-order valence-electron chi connectivity index (χ1n) is 10.9. The minimum atomic E-state index is -1.99. The highest BCUT2D eigenvalue weighted by Crippen LogP contribution is 2.34. The van der Waals surface area contributed by atoms with Crippen molar-refractivity contribution < 1.29 is 41.8 Å². The van der Waals surface area contributed by atoms with E-state index in [4.69, 9.17) is 4.74 Å². The molecule has 36 heavy (non-hydrogen) atoms. The lowest BCUT2D eigenvalue weighted by Crippen LogP contribution is -2.36. The number of rotatable bonds is 8. The number of nitrogens with one attached hydrogen (secondary N) is 2. The molecule has 1 heterocycles. The molecule has 1 atom stereocenters. The third-order valence-electron chi connectivity index (χ3n) is 5.40. The minimum absolute atomic E-state index is 0.0105. The minimum Gasteiger partial charge on any atom is -0.506 e. The van der Waals surface area contributed by atoms with E-state index in [9.17, 15) is 28.3 Å². The summed E-state index contributed by atoms with van der Waals surface area (Å²) in [7, 11) is 0. The molecule has 192 valence electrons. The average Bonchev–Trinajstić information content (AvgIpc) is 3.26. The van der Waals surface area contributed by atoms with Crippen LogP contribution in [0, 0.1) is 23.3 Å². The number of ether oxygens (including phenoxy) is 1. The Kier molecular flexibility index (Phi) is 8.18. The number of hydrogen-bond donors (Lipinski definition) is 3. The van der Waals surface area contributed by atoms with Gasteiger partial charge >= 0.3 is 5.97 Å². The largest absolute Gasteiger partial charge is 0.506 e. The second kappa shape index (κ2) is 11.1. The number of esters is 1. The van der Waals surface area contributed by atoms with Crippen LogP contribution in [-0.2, 0) is 14.3 Å². The predicted octanol–water partition coefficient (Wildman–Crippen LogP) is 3.41. The zero-order valence-corrected chi connectivity index (χ0v) is 19.3. The van der Waals surface area contributed by atoms with Crippen LogP contribution in [-0.4, -0.2) is 48.5 Å². The van der Waals surface area contributed by atoms with E-state index in [0.717, 1.165) is 11.1 Å². The number of Topliss-reactive ketones (excluding diaryl/α,β-unsaturated/α-hetero) is 1. The maximum absolute atomic E-state index is 15.0. The number of benzene rings is 2. The summed E-state index contributed by atoms with van der Waals surface area (Å²) in [5, 5.41) is 14.8.